The van der Waals surface area contributed by atoms with E-state index in [0.29, 0.717) is 0 Å². The number of fused-ring (bicyclic) bond motifs is 12. The Labute approximate surface area is 402 Å². The van der Waals surface area contributed by atoms with Gasteiger partial charge < -0.3 is 9.47 Å². The van der Waals surface area contributed by atoms with Crippen LogP contribution in [0.5, 0.6) is 0 Å². The van der Waals surface area contributed by atoms with E-state index >= 15 is 0 Å². The van der Waals surface area contributed by atoms with Gasteiger partial charge in [-0.2, -0.15) is 0 Å². The quantitative estimate of drug-likeness (QED) is 0.155. The summed E-state index contributed by atoms with van der Waals surface area (Å²) >= 11 is 0. The van der Waals surface area contributed by atoms with E-state index in [4.69, 9.17) is 0 Å². The fraction of sp³-hybridized carbons (Fsp3) is 0.0149. The Morgan fingerprint density at radius 2 is 0.783 bits per heavy atom. The van der Waals surface area contributed by atoms with Gasteiger partial charge >= 0.3 is 0 Å². The molecule has 0 saturated heterocycles. The molecule has 0 bridgehead atoms. The van der Waals surface area contributed by atoms with Crippen LogP contribution in [0.3, 0.4) is 0 Å². The first-order valence-corrected chi connectivity index (χ1v) is 23.9. The molecule has 1 spiro atoms. The van der Waals surface area contributed by atoms with Gasteiger partial charge in [0, 0.05) is 27.8 Å². The SMILES string of the molecule is c1ccc(-c2ccc(N(c3cccc(-c4ccc5c(c4)-c4ccccc4C54c5ccccc5-n5c6ccccc6c6cccc4c65)c3)c3cc(-c4ccccc4)cc(-c4ccccc4)c3)cc2)cc1. The average Bonchev–Trinajstić information content (AvgIpc) is 3.92. The van der Waals surface area contributed by atoms with Crippen LogP contribution in [0.25, 0.3) is 83.1 Å². The van der Waals surface area contributed by atoms with Gasteiger partial charge in [0.25, 0.3) is 0 Å². The molecular weight excluding hydrogens is 833 g/mol. The first-order valence-electron chi connectivity index (χ1n) is 23.9. The van der Waals surface area contributed by atoms with Gasteiger partial charge in [-0.3, -0.25) is 0 Å². The van der Waals surface area contributed by atoms with Gasteiger partial charge in [0.05, 0.1) is 22.1 Å². The summed E-state index contributed by atoms with van der Waals surface area (Å²) in [5, 5.41) is 2.58. The highest BCUT2D eigenvalue weighted by molar-refractivity contribution is 6.13. The van der Waals surface area contributed by atoms with Crippen molar-refractivity contribution in [1.29, 1.82) is 0 Å². The van der Waals surface area contributed by atoms with E-state index in [9.17, 15) is 0 Å². The minimum Gasteiger partial charge on any atom is -0.310 e. The molecule has 1 aliphatic heterocycles. The van der Waals surface area contributed by atoms with Gasteiger partial charge in [-0.25, -0.2) is 0 Å². The fourth-order valence-electron chi connectivity index (χ4n) is 11.8. The molecule has 2 aliphatic rings. The predicted octanol–water partition coefficient (Wildman–Crippen LogP) is 17.6. The van der Waals surface area contributed by atoms with Crippen molar-refractivity contribution in [2.45, 2.75) is 5.41 Å². The molecule has 1 aliphatic carbocycles. The lowest BCUT2D eigenvalue weighted by molar-refractivity contribution is 0.748. The van der Waals surface area contributed by atoms with Crippen LogP contribution < -0.4 is 4.90 Å². The van der Waals surface area contributed by atoms with Crippen molar-refractivity contribution >= 4 is 38.9 Å². The third-order valence-electron chi connectivity index (χ3n) is 14.8. The Kier molecular flexibility index (Phi) is 8.84. The number of anilines is 3. The molecule has 2 nitrogen and oxygen atoms in total. The molecule has 69 heavy (non-hydrogen) atoms. The minimum atomic E-state index is -0.490. The van der Waals surface area contributed by atoms with Gasteiger partial charge in [0.15, 0.2) is 0 Å². The summed E-state index contributed by atoms with van der Waals surface area (Å²) in [7, 11) is 0. The lowest BCUT2D eigenvalue weighted by atomic mass is 9.65. The Morgan fingerprint density at radius 3 is 1.52 bits per heavy atom. The molecule has 1 unspecified atom stereocenters. The number of nitrogens with zero attached hydrogens (tertiary/aromatic N) is 2. The van der Waals surface area contributed by atoms with E-state index in [1.54, 1.807) is 0 Å². The van der Waals surface area contributed by atoms with Crippen LogP contribution in [0.15, 0.2) is 267 Å². The molecule has 1 aromatic heterocycles. The van der Waals surface area contributed by atoms with E-state index in [2.05, 4.69) is 276 Å². The minimum absolute atomic E-state index is 0.490. The lowest BCUT2D eigenvalue weighted by Crippen LogP contribution is -2.33. The zero-order valence-electron chi connectivity index (χ0n) is 37.8. The highest BCUT2D eigenvalue weighted by atomic mass is 15.1. The molecule has 0 saturated carbocycles. The third kappa shape index (κ3) is 5.99. The smallest absolute Gasteiger partial charge is 0.0754 e. The largest absolute Gasteiger partial charge is 0.310 e. The molecule has 2 heteroatoms. The summed E-state index contributed by atoms with van der Waals surface area (Å²) in [6.45, 7) is 0. The van der Waals surface area contributed by atoms with Crippen molar-refractivity contribution in [1.82, 2.24) is 4.57 Å². The van der Waals surface area contributed by atoms with Crippen molar-refractivity contribution in [2.75, 3.05) is 4.90 Å². The van der Waals surface area contributed by atoms with Crippen molar-refractivity contribution < 1.29 is 0 Å². The first kappa shape index (κ1) is 39.2. The number of benzene rings is 11. The summed E-state index contributed by atoms with van der Waals surface area (Å²) in [4.78, 5) is 2.42. The summed E-state index contributed by atoms with van der Waals surface area (Å²) in [5.41, 5.74) is 23.8. The average molecular weight is 877 g/mol. The Bertz CT molecular complexity index is 3880. The fourth-order valence-corrected chi connectivity index (χ4v) is 11.8. The molecule has 0 radical (unpaired) electrons. The molecular formula is C67H44N2. The predicted molar refractivity (Wildman–Crippen MR) is 288 cm³/mol. The first-order chi connectivity index (χ1) is 34.2. The molecule has 1 atom stereocenters. The number of rotatable bonds is 7. The maximum absolute atomic E-state index is 2.51. The van der Waals surface area contributed by atoms with Crippen LogP contribution in [-0.4, -0.2) is 4.57 Å². The van der Waals surface area contributed by atoms with E-state index in [-0.39, 0.29) is 0 Å². The van der Waals surface area contributed by atoms with Crippen LogP contribution in [0.1, 0.15) is 22.3 Å². The van der Waals surface area contributed by atoms with Crippen LogP contribution in [0.4, 0.5) is 17.1 Å². The highest BCUT2D eigenvalue weighted by Gasteiger charge is 2.50. The second-order valence-electron chi connectivity index (χ2n) is 18.4. The Balaban J connectivity index is 0.954. The molecule has 322 valence electrons. The van der Waals surface area contributed by atoms with Gasteiger partial charge in [-0.05, 0) is 139 Å². The van der Waals surface area contributed by atoms with Crippen molar-refractivity contribution in [2.24, 2.45) is 0 Å². The topological polar surface area (TPSA) is 8.17 Å². The van der Waals surface area contributed by atoms with Crippen LogP contribution in [-0.2, 0) is 5.41 Å². The number of hydrogen-bond donors (Lipinski definition) is 0. The maximum atomic E-state index is 2.51. The van der Waals surface area contributed by atoms with E-state index in [1.807, 2.05) is 0 Å². The van der Waals surface area contributed by atoms with Gasteiger partial charge in [0.1, 0.15) is 0 Å². The number of aromatic nitrogens is 1. The van der Waals surface area contributed by atoms with Crippen LogP contribution >= 0.6 is 0 Å². The van der Waals surface area contributed by atoms with Crippen LogP contribution in [0, 0.1) is 0 Å². The van der Waals surface area contributed by atoms with Crippen molar-refractivity contribution in [3.05, 3.63) is 289 Å². The van der Waals surface area contributed by atoms with Gasteiger partial charge in [-0.15, -0.1) is 0 Å². The van der Waals surface area contributed by atoms with E-state index < -0.39 is 5.41 Å². The van der Waals surface area contributed by atoms with Gasteiger partial charge in [-0.1, -0.05) is 206 Å². The van der Waals surface area contributed by atoms with E-state index in [1.165, 1.54) is 99.8 Å². The Hall–Kier alpha value is -8.98. The van der Waals surface area contributed by atoms with Gasteiger partial charge in [0.2, 0.25) is 0 Å². The summed E-state index contributed by atoms with van der Waals surface area (Å²) in [6, 6.07) is 98.6. The maximum Gasteiger partial charge on any atom is 0.0754 e. The monoisotopic (exact) mass is 876 g/mol. The zero-order valence-corrected chi connectivity index (χ0v) is 37.8. The highest BCUT2D eigenvalue weighted by Crippen LogP contribution is 2.61. The second-order valence-corrected chi connectivity index (χ2v) is 18.4. The van der Waals surface area contributed by atoms with Crippen molar-refractivity contribution in [3.8, 4) is 61.3 Å². The molecule has 2 heterocycles. The summed E-state index contributed by atoms with van der Waals surface area (Å²) in [6.07, 6.45) is 0. The summed E-state index contributed by atoms with van der Waals surface area (Å²) < 4.78 is 2.51. The third-order valence-corrected chi connectivity index (χ3v) is 14.8. The van der Waals surface area contributed by atoms with Crippen LogP contribution in [0.2, 0.25) is 0 Å². The molecule has 14 rings (SSSR count). The molecule has 0 fully saturated rings. The molecule has 0 N–H and O–H groups in total. The standard InChI is InChI=1S/C67H44N2/c1-4-18-45(19-5-1)48-34-37-53(38-35-48)68(55-42-51(46-20-6-2-7-21-46)40-52(43-55)47-22-8-3-9-23-47)54-25-16-24-49(41-54)50-36-39-61-59(44-50)56-26-10-12-29-60(56)67(61)62-30-13-15-33-65(62)69-64-32-14-11-27-57(64)58-28-17-31-63(67)66(58)69/h1-44H. The summed E-state index contributed by atoms with van der Waals surface area (Å²) in [5.74, 6) is 0. The normalized spacial score (nSPS) is 14.1. The zero-order chi connectivity index (χ0) is 45.5. The van der Waals surface area contributed by atoms with Crippen molar-refractivity contribution in [3.63, 3.8) is 0 Å². The van der Waals surface area contributed by atoms with E-state index in [0.717, 1.165) is 22.6 Å². The number of para-hydroxylation sites is 3. The Morgan fingerprint density at radius 1 is 0.275 bits per heavy atom. The second kappa shape index (κ2) is 15.6. The molecule has 0 amide bonds. The lowest BCUT2D eigenvalue weighted by Gasteiger charge is -2.39. The molecule has 11 aromatic carbocycles. The molecule has 12 aromatic rings. The number of hydrogen-bond acceptors (Lipinski definition) is 1.